The van der Waals surface area contributed by atoms with Gasteiger partial charge >= 0.3 is 5.97 Å². The maximum absolute atomic E-state index is 11.5. The lowest BCUT2D eigenvalue weighted by molar-refractivity contribution is 0.0599. The van der Waals surface area contributed by atoms with Crippen LogP contribution < -0.4 is 5.32 Å². The molecule has 1 aliphatic heterocycles. The fourth-order valence-corrected chi connectivity index (χ4v) is 2.07. The summed E-state index contributed by atoms with van der Waals surface area (Å²) in [6.45, 7) is 1.98. The highest BCUT2D eigenvalue weighted by atomic mass is 35.5. The second-order valence-corrected chi connectivity index (χ2v) is 3.77. The van der Waals surface area contributed by atoms with Gasteiger partial charge in [-0.15, -0.1) is 12.4 Å². The van der Waals surface area contributed by atoms with Crippen LogP contribution >= 0.6 is 12.4 Å². The topological polar surface area (TPSA) is 38.3 Å². The van der Waals surface area contributed by atoms with E-state index in [0.29, 0.717) is 11.5 Å². The van der Waals surface area contributed by atoms with E-state index < -0.39 is 0 Å². The minimum atomic E-state index is -0.238. The van der Waals surface area contributed by atoms with E-state index >= 15 is 0 Å². The highest BCUT2D eigenvalue weighted by Crippen LogP contribution is 2.25. The summed E-state index contributed by atoms with van der Waals surface area (Å²) in [4.78, 5) is 11.5. The minimum Gasteiger partial charge on any atom is -0.465 e. The summed E-state index contributed by atoms with van der Waals surface area (Å²) in [6.07, 6.45) is 1.09. The third-order valence-corrected chi connectivity index (χ3v) is 2.87. The van der Waals surface area contributed by atoms with Crippen molar-refractivity contribution in [3.63, 3.8) is 0 Å². The Balaban J connectivity index is 0.00000128. The summed E-state index contributed by atoms with van der Waals surface area (Å²) < 4.78 is 4.78. The first-order valence-corrected chi connectivity index (χ1v) is 5.21. The van der Waals surface area contributed by atoms with Crippen molar-refractivity contribution in [1.29, 1.82) is 0 Å². The molecule has 1 N–H and O–H groups in total. The quantitative estimate of drug-likeness (QED) is 0.805. The second kappa shape index (κ2) is 5.87. The molecule has 2 rings (SSSR count). The summed E-state index contributed by atoms with van der Waals surface area (Å²) in [5, 5.41) is 3.30. The van der Waals surface area contributed by atoms with Gasteiger partial charge in [0.1, 0.15) is 0 Å². The Bertz CT molecular complexity index is 362. The molecule has 0 radical (unpaired) electrons. The SMILES string of the molecule is COC(=O)c1ccccc1[C@@H]1CCNC1.Cl. The van der Waals surface area contributed by atoms with Gasteiger partial charge in [-0.3, -0.25) is 0 Å². The molecule has 88 valence electrons. The van der Waals surface area contributed by atoms with Gasteiger partial charge in [0, 0.05) is 6.54 Å². The molecule has 1 aromatic carbocycles. The molecule has 0 unspecified atom stereocenters. The Morgan fingerprint density at radius 3 is 2.81 bits per heavy atom. The maximum atomic E-state index is 11.5. The number of hydrogen-bond acceptors (Lipinski definition) is 3. The molecule has 0 spiro atoms. The van der Waals surface area contributed by atoms with Crippen LogP contribution in [0.15, 0.2) is 24.3 Å². The number of ether oxygens (including phenoxy) is 1. The predicted molar refractivity (Wildman–Crippen MR) is 65.3 cm³/mol. The van der Waals surface area contributed by atoms with Crippen LogP contribution in [0.3, 0.4) is 0 Å². The molecule has 0 aromatic heterocycles. The number of benzene rings is 1. The van der Waals surface area contributed by atoms with Crippen LogP contribution in [0, 0.1) is 0 Å². The third kappa shape index (κ3) is 2.54. The summed E-state index contributed by atoms with van der Waals surface area (Å²) >= 11 is 0. The number of carbonyl (C=O) groups is 1. The number of halogens is 1. The Hall–Kier alpha value is -1.06. The van der Waals surface area contributed by atoms with Crippen LogP contribution in [0.25, 0.3) is 0 Å². The number of hydrogen-bond donors (Lipinski definition) is 1. The van der Waals surface area contributed by atoms with Crippen molar-refractivity contribution >= 4 is 18.4 Å². The molecule has 1 atom stereocenters. The second-order valence-electron chi connectivity index (χ2n) is 3.77. The van der Waals surface area contributed by atoms with E-state index in [0.717, 1.165) is 25.1 Å². The van der Waals surface area contributed by atoms with Crippen molar-refractivity contribution in [2.75, 3.05) is 20.2 Å². The van der Waals surface area contributed by atoms with Gasteiger partial charge < -0.3 is 10.1 Å². The molecule has 1 fully saturated rings. The molecule has 1 aromatic rings. The molecule has 0 aliphatic carbocycles. The number of rotatable bonds is 2. The number of methoxy groups -OCH3 is 1. The standard InChI is InChI=1S/C12H15NO2.ClH/c1-15-12(14)11-5-3-2-4-10(11)9-6-7-13-8-9;/h2-5,9,13H,6-8H2,1H3;1H/t9-;/m1./s1. The predicted octanol–water partition coefficient (Wildman–Crippen LogP) is 1.97. The van der Waals surface area contributed by atoms with Gasteiger partial charge in [0.15, 0.2) is 0 Å². The zero-order chi connectivity index (χ0) is 10.7. The zero-order valence-electron chi connectivity index (χ0n) is 9.23. The Labute approximate surface area is 102 Å². The average Bonchev–Trinajstić information content (AvgIpc) is 2.81. The van der Waals surface area contributed by atoms with Crippen LogP contribution in [-0.2, 0) is 4.74 Å². The van der Waals surface area contributed by atoms with Crippen LogP contribution in [0.5, 0.6) is 0 Å². The summed E-state index contributed by atoms with van der Waals surface area (Å²) in [5.41, 5.74) is 1.81. The van der Waals surface area contributed by atoms with Gasteiger partial charge in [-0.05, 0) is 30.5 Å². The molecule has 1 saturated heterocycles. The van der Waals surface area contributed by atoms with Crippen molar-refractivity contribution in [3.8, 4) is 0 Å². The molecule has 3 nitrogen and oxygen atoms in total. The van der Waals surface area contributed by atoms with Crippen molar-refractivity contribution < 1.29 is 9.53 Å². The molecule has 0 saturated carbocycles. The smallest absolute Gasteiger partial charge is 0.338 e. The first-order valence-electron chi connectivity index (χ1n) is 5.21. The fraction of sp³-hybridized carbons (Fsp3) is 0.417. The Morgan fingerprint density at radius 2 is 2.19 bits per heavy atom. The van der Waals surface area contributed by atoms with Crippen LogP contribution in [0.4, 0.5) is 0 Å². The van der Waals surface area contributed by atoms with Crippen molar-refractivity contribution in [3.05, 3.63) is 35.4 Å². The van der Waals surface area contributed by atoms with E-state index in [1.165, 1.54) is 7.11 Å². The van der Waals surface area contributed by atoms with Crippen molar-refractivity contribution in [1.82, 2.24) is 5.32 Å². The lowest BCUT2D eigenvalue weighted by Crippen LogP contribution is -2.12. The largest absolute Gasteiger partial charge is 0.465 e. The van der Waals surface area contributed by atoms with E-state index in [1.54, 1.807) is 0 Å². The number of esters is 1. The molecular formula is C12H16ClNO2. The molecule has 1 heterocycles. The van der Waals surface area contributed by atoms with E-state index in [9.17, 15) is 4.79 Å². The van der Waals surface area contributed by atoms with Gasteiger partial charge in [-0.25, -0.2) is 4.79 Å². The summed E-state index contributed by atoms with van der Waals surface area (Å²) in [7, 11) is 1.42. The molecule has 1 aliphatic rings. The highest BCUT2D eigenvalue weighted by molar-refractivity contribution is 5.91. The van der Waals surface area contributed by atoms with Gasteiger partial charge in [0.05, 0.1) is 12.7 Å². The van der Waals surface area contributed by atoms with Gasteiger partial charge in [0.2, 0.25) is 0 Å². The summed E-state index contributed by atoms with van der Waals surface area (Å²) in [6, 6.07) is 7.70. The lowest BCUT2D eigenvalue weighted by atomic mass is 9.93. The highest BCUT2D eigenvalue weighted by Gasteiger charge is 2.21. The molecule has 0 bridgehead atoms. The van der Waals surface area contributed by atoms with Crippen molar-refractivity contribution in [2.45, 2.75) is 12.3 Å². The number of carbonyl (C=O) groups excluding carboxylic acids is 1. The first kappa shape index (κ1) is 13.0. The maximum Gasteiger partial charge on any atom is 0.338 e. The van der Waals surface area contributed by atoms with E-state index in [2.05, 4.69) is 5.32 Å². The summed E-state index contributed by atoms with van der Waals surface area (Å²) in [5.74, 6) is 0.206. The van der Waals surface area contributed by atoms with E-state index in [4.69, 9.17) is 4.74 Å². The molecule has 4 heteroatoms. The monoisotopic (exact) mass is 241 g/mol. The Kier molecular flexibility index (Phi) is 4.77. The molecular weight excluding hydrogens is 226 g/mol. The fourth-order valence-electron chi connectivity index (χ4n) is 2.07. The third-order valence-electron chi connectivity index (χ3n) is 2.87. The van der Waals surface area contributed by atoms with E-state index in [1.807, 2.05) is 24.3 Å². The zero-order valence-corrected chi connectivity index (χ0v) is 10.0. The molecule has 16 heavy (non-hydrogen) atoms. The van der Waals surface area contributed by atoms with Gasteiger partial charge in [0.25, 0.3) is 0 Å². The average molecular weight is 242 g/mol. The first-order chi connectivity index (χ1) is 7.33. The van der Waals surface area contributed by atoms with Gasteiger partial charge in [-0.1, -0.05) is 18.2 Å². The minimum absolute atomic E-state index is 0. The lowest BCUT2D eigenvalue weighted by Gasteiger charge is -2.12. The Morgan fingerprint density at radius 1 is 1.44 bits per heavy atom. The van der Waals surface area contributed by atoms with Crippen LogP contribution in [-0.4, -0.2) is 26.2 Å². The van der Waals surface area contributed by atoms with Crippen LogP contribution in [0.1, 0.15) is 28.3 Å². The van der Waals surface area contributed by atoms with E-state index in [-0.39, 0.29) is 18.4 Å². The van der Waals surface area contributed by atoms with Gasteiger partial charge in [-0.2, -0.15) is 0 Å². The molecule has 0 amide bonds. The van der Waals surface area contributed by atoms with Crippen LogP contribution in [0.2, 0.25) is 0 Å². The number of nitrogens with one attached hydrogen (secondary N) is 1. The normalized spacial score (nSPS) is 18.9. The van der Waals surface area contributed by atoms with Crippen molar-refractivity contribution in [2.24, 2.45) is 0 Å².